The summed E-state index contributed by atoms with van der Waals surface area (Å²) in [5, 5.41) is 5.65. The molecule has 1 aliphatic heterocycles. The first-order chi connectivity index (χ1) is 10.2. The van der Waals surface area contributed by atoms with Gasteiger partial charge in [-0.25, -0.2) is 0 Å². The number of aryl methyl sites for hydroxylation is 1. The molecule has 1 N–H and O–H groups in total. The molecule has 3 nitrogen and oxygen atoms in total. The predicted octanol–water partition coefficient (Wildman–Crippen LogP) is 3.68. The maximum absolute atomic E-state index is 4.48. The van der Waals surface area contributed by atoms with E-state index in [0.29, 0.717) is 6.04 Å². The molecule has 112 valence electrons. The Morgan fingerprint density at radius 3 is 3.14 bits per heavy atom. The van der Waals surface area contributed by atoms with Gasteiger partial charge in [-0.1, -0.05) is 6.92 Å². The van der Waals surface area contributed by atoms with E-state index in [1.165, 1.54) is 16.8 Å². The molecule has 2 aromatic rings. The topological polar surface area (TPSA) is 28.2 Å². The monoisotopic (exact) mass is 301 g/mol. The fourth-order valence-corrected chi connectivity index (χ4v) is 4.04. The first kappa shape index (κ1) is 14.5. The molecule has 0 radical (unpaired) electrons. The van der Waals surface area contributed by atoms with Gasteiger partial charge < -0.3 is 10.2 Å². The van der Waals surface area contributed by atoms with E-state index in [1.54, 1.807) is 4.88 Å². The van der Waals surface area contributed by atoms with Crippen LogP contribution in [0.5, 0.6) is 0 Å². The van der Waals surface area contributed by atoms with Gasteiger partial charge >= 0.3 is 0 Å². The summed E-state index contributed by atoms with van der Waals surface area (Å²) in [5.74, 6) is 0. The highest BCUT2D eigenvalue weighted by atomic mass is 32.1. The molecule has 0 saturated heterocycles. The van der Waals surface area contributed by atoms with E-state index in [2.05, 4.69) is 53.5 Å². The van der Waals surface area contributed by atoms with Crippen LogP contribution in [0.2, 0.25) is 0 Å². The van der Waals surface area contributed by atoms with Crippen LogP contribution in [0.15, 0.2) is 23.7 Å². The van der Waals surface area contributed by atoms with Crippen molar-refractivity contribution < 1.29 is 0 Å². The zero-order valence-corrected chi connectivity index (χ0v) is 13.8. The highest BCUT2D eigenvalue weighted by Crippen LogP contribution is 2.37. The number of fused-ring (bicyclic) bond motifs is 1. The van der Waals surface area contributed by atoms with E-state index in [4.69, 9.17) is 0 Å². The Morgan fingerprint density at radius 2 is 2.33 bits per heavy atom. The van der Waals surface area contributed by atoms with E-state index >= 15 is 0 Å². The van der Waals surface area contributed by atoms with Crippen molar-refractivity contribution in [2.75, 3.05) is 18.0 Å². The maximum Gasteiger partial charge on any atom is 0.0525 e. The quantitative estimate of drug-likeness (QED) is 0.933. The number of hydrogen-bond donors (Lipinski definition) is 1. The van der Waals surface area contributed by atoms with Crippen LogP contribution in [0.1, 0.15) is 41.6 Å². The third-order valence-corrected chi connectivity index (χ3v) is 5.25. The summed E-state index contributed by atoms with van der Waals surface area (Å²) in [4.78, 5) is 8.57. The van der Waals surface area contributed by atoms with Crippen LogP contribution in [-0.4, -0.2) is 18.1 Å². The molecule has 0 amide bonds. The van der Waals surface area contributed by atoms with Gasteiger partial charge in [-0.3, -0.25) is 4.98 Å². The van der Waals surface area contributed by atoms with E-state index in [-0.39, 0.29) is 0 Å². The summed E-state index contributed by atoms with van der Waals surface area (Å²) >= 11 is 1.90. The third-order valence-electron chi connectivity index (χ3n) is 4.25. The second-order valence-corrected chi connectivity index (χ2v) is 6.65. The Morgan fingerprint density at radius 1 is 1.48 bits per heavy atom. The molecule has 2 aromatic heterocycles. The van der Waals surface area contributed by atoms with E-state index in [0.717, 1.165) is 31.7 Å². The highest BCUT2D eigenvalue weighted by molar-refractivity contribution is 7.10. The summed E-state index contributed by atoms with van der Waals surface area (Å²) in [6.07, 6.45) is 3.18. The van der Waals surface area contributed by atoms with Crippen molar-refractivity contribution in [1.29, 1.82) is 0 Å². The number of hydrogen-bond acceptors (Lipinski definition) is 4. The SMILES string of the molecule is CCNCc1cnc(C)cc1N1CCc2sccc2C1C. The van der Waals surface area contributed by atoms with E-state index in [1.807, 2.05) is 17.5 Å². The Balaban J connectivity index is 1.94. The molecule has 4 heteroatoms. The van der Waals surface area contributed by atoms with Gasteiger partial charge in [0, 0.05) is 41.1 Å². The molecule has 0 fully saturated rings. The highest BCUT2D eigenvalue weighted by Gasteiger charge is 2.26. The van der Waals surface area contributed by atoms with Crippen LogP contribution in [0.25, 0.3) is 0 Å². The van der Waals surface area contributed by atoms with Crippen molar-refractivity contribution in [2.45, 2.75) is 39.8 Å². The molecule has 0 aliphatic carbocycles. The van der Waals surface area contributed by atoms with Gasteiger partial charge in [-0.05, 0) is 49.9 Å². The molecular formula is C17H23N3S. The zero-order chi connectivity index (χ0) is 14.8. The first-order valence-corrected chi connectivity index (χ1v) is 8.57. The Labute approximate surface area is 131 Å². The average Bonchev–Trinajstić information content (AvgIpc) is 2.96. The number of nitrogens with zero attached hydrogens (tertiary/aromatic N) is 2. The minimum Gasteiger partial charge on any atom is -0.364 e. The number of thiophene rings is 1. The van der Waals surface area contributed by atoms with Gasteiger partial charge in [-0.15, -0.1) is 11.3 Å². The Bertz CT molecular complexity index is 620. The molecule has 1 atom stereocenters. The normalized spacial score (nSPS) is 17.9. The second kappa shape index (κ2) is 6.16. The van der Waals surface area contributed by atoms with Gasteiger partial charge in [0.25, 0.3) is 0 Å². The van der Waals surface area contributed by atoms with Gasteiger partial charge in [0.1, 0.15) is 0 Å². The number of nitrogens with one attached hydrogen (secondary N) is 1. The van der Waals surface area contributed by atoms with Crippen molar-refractivity contribution in [2.24, 2.45) is 0 Å². The lowest BCUT2D eigenvalue weighted by atomic mass is 9.99. The minimum atomic E-state index is 0.446. The second-order valence-electron chi connectivity index (χ2n) is 5.65. The summed E-state index contributed by atoms with van der Waals surface area (Å²) in [6.45, 7) is 9.50. The molecule has 3 heterocycles. The Hall–Kier alpha value is -1.39. The minimum absolute atomic E-state index is 0.446. The molecule has 0 aromatic carbocycles. The molecular weight excluding hydrogens is 278 g/mol. The molecule has 0 saturated carbocycles. The smallest absolute Gasteiger partial charge is 0.0525 e. The largest absolute Gasteiger partial charge is 0.364 e. The van der Waals surface area contributed by atoms with Crippen molar-refractivity contribution in [3.63, 3.8) is 0 Å². The van der Waals surface area contributed by atoms with E-state index < -0.39 is 0 Å². The van der Waals surface area contributed by atoms with Gasteiger partial charge in [-0.2, -0.15) is 0 Å². The lowest BCUT2D eigenvalue weighted by molar-refractivity contribution is 0.624. The summed E-state index contributed by atoms with van der Waals surface area (Å²) in [7, 11) is 0. The summed E-state index contributed by atoms with van der Waals surface area (Å²) in [5.41, 5.74) is 5.23. The molecule has 3 rings (SSSR count). The van der Waals surface area contributed by atoms with E-state index in [9.17, 15) is 0 Å². The van der Waals surface area contributed by atoms with Crippen LogP contribution >= 0.6 is 11.3 Å². The molecule has 0 spiro atoms. The number of anilines is 1. The fourth-order valence-electron chi connectivity index (χ4n) is 3.08. The predicted molar refractivity (Wildman–Crippen MR) is 90.1 cm³/mol. The van der Waals surface area contributed by atoms with Crippen molar-refractivity contribution in [1.82, 2.24) is 10.3 Å². The fraction of sp³-hybridized carbons (Fsp3) is 0.471. The lowest BCUT2D eigenvalue weighted by Crippen LogP contribution is -2.34. The molecule has 21 heavy (non-hydrogen) atoms. The van der Waals surface area contributed by atoms with Crippen LogP contribution in [0.4, 0.5) is 5.69 Å². The first-order valence-electron chi connectivity index (χ1n) is 7.70. The average molecular weight is 301 g/mol. The molecule has 1 unspecified atom stereocenters. The van der Waals surface area contributed by atoms with Crippen LogP contribution in [0.3, 0.4) is 0 Å². The van der Waals surface area contributed by atoms with Crippen molar-refractivity contribution >= 4 is 17.0 Å². The molecule has 1 aliphatic rings. The number of aromatic nitrogens is 1. The van der Waals surface area contributed by atoms with Crippen LogP contribution in [-0.2, 0) is 13.0 Å². The Kier molecular flexibility index (Phi) is 4.27. The maximum atomic E-state index is 4.48. The van der Waals surface area contributed by atoms with Crippen LogP contribution in [0, 0.1) is 6.92 Å². The lowest BCUT2D eigenvalue weighted by Gasteiger charge is -2.37. The standard InChI is InChI=1S/C17H23N3S/c1-4-18-10-14-11-19-12(2)9-16(14)20-7-5-17-15(13(20)3)6-8-21-17/h6,8-9,11,13,18H,4-5,7,10H2,1-3H3. The van der Waals surface area contributed by atoms with Gasteiger partial charge in [0.15, 0.2) is 0 Å². The van der Waals surface area contributed by atoms with Gasteiger partial charge in [0.05, 0.1) is 6.04 Å². The number of rotatable bonds is 4. The van der Waals surface area contributed by atoms with Crippen LogP contribution < -0.4 is 10.2 Å². The number of pyridine rings is 1. The zero-order valence-electron chi connectivity index (χ0n) is 13.0. The summed E-state index contributed by atoms with van der Waals surface area (Å²) < 4.78 is 0. The van der Waals surface area contributed by atoms with Crippen molar-refractivity contribution in [3.05, 3.63) is 45.4 Å². The summed E-state index contributed by atoms with van der Waals surface area (Å²) in [6, 6.07) is 4.97. The van der Waals surface area contributed by atoms with Gasteiger partial charge in [0.2, 0.25) is 0 Å². The molecule has 0 bridgehead atoms. The third kappa shape index (κ3) is 2.83. The van der Waals surface area contributed by atoms with Crippen molar-refractivity contribution in [3.8, 4) is 0 Å².